The highest BCUT2D eigenvalue weighted by molar-refractivity contribution is 7.10. The van der Waals surface area contributed by atoms with Crippen LogP contribution in [0.25, 0.3) is 6.08 Å². The van der Waals surface area contributed by atoms with Gasteiger partial charge in [-0.15, -0.1) is 11.3 Å². The summed E-state index contributed by atoms with van der Waals surface area (Å²) in [7, 11) is 3.22. The van der Waals surface area contributed by atoms with Crippen LogP contribution in [0, 0.1) is 0 Å². The summed E-state index contributed by atoms with van der Waals surface area (Å²) >= 11 is 1.56. The normalized spacial score (nSPS) is 15.1. The van der Waals surface area contributed by atoms with Crippen molar-refractivity contribution in [3.05, 3.63) is 82.2 Å². The van der Waals surface area contributed by atoms with E-state index >= 15 is 0 Å². The van der Waals surface area contributed by atoms with E-state index in [2.05, 4.69) is 4.99 Å². The van der Waals surface area contributed by atoms with E-state index in [9.17, 15) is 4.79 Å². The summed E-state index contributed by atoms with van der Waals surface area (Å²) in [4.78, 5) is 20.5. The van der Waals surface area contributed by atoms with E-state index in [1.54, 1.807) is 30.5 Å². The van der Waals surface area contributed by atoms with E-state index in [1.165, 1.54) is 0 Å². The zero-order valence-electron chi connectivity index (χ0n) is 15.5. The van der Waals surface area contributed by atoms with E-state index in [0.717, 1.165) is 16.2 Å². The minimum Gasteiger partial charge on any atom is -0.497 e. The molecule has 140 valence electrons. The number of amidine groups is 1. The Labute approximate surface area is 167 Å². The van der Waals surface area contributed by atoms with E-state index in [1.807, 2.05) is 72.1 Å². The first kappa shape index (κ1) is 18.0. The van der Waals surface area contributed by atoms with Crippen LogP contribution >= 0.6 is 11.3 Å². The van der Waals surface area contributed by atoms with Crippen molar-refractivity contribution in [2.24, 2.45) is 4.99 Å². The number of hydrogen-bond acceptors (Lipinski definition) is 5. The van der Waals surface area contributed by atoms with Crippen molar-refractivity contribution in [2.45, 2.75) is 0 Å². The minimum atomic E-state index is -0.181. The molecule has 0 aliphatic carbocycles. The lowest BCUT2D eigenvalue weighted by Gasteiger charge is -2.20. The highest BCUT2D eigenvalue weighted by Gasteiger charge is 2.33. The maximum absolute atomic E-state index is 13.2. The van der Waals surface area contributed by atoms with Crippen LogP contribution in [0.2, 0.25) is 0 Å². The van der Waals surface area contributed by atoms with Gasteiger partial charge in [-0.2, -0.15) is 0 Å². The number of thiophene rings is 1. The second kappa shape index (κ2) is 7.70. The van der Waals surface area contributed by atoms with Gasteiger partial charge in [0.2, 0.25) is 0 Å². The number of para-hydroxylation sites is 1. The molecule has 1 aliphatic rings. The fourth-order valence-electron chi connectivity index (χ4n) is 3.01. The molecule has 5 nitrogen and oxygen atoms in total. The number of nitrogens with zero attached hydrogens (tertiary/aromatic N) is 2. The molecule has 0 radical (unpaired) electrons. The third-order valence-electron chi connectivity index (χ3n) is 4.36. The predicted octanol–water partition coefficient (Wildman–Crippen LogP) is 4.60. The maximum Gasteiger partial charge on any atom is 0.282 e. The molecule has 0 N–H and O–H groups in total. The molecule has 0 saturated heterocycles. The lowest BCUT2D eigenvalue weighted by molar-refractivity contribution is -0.113. The molecular weight excluding hydrogens is 372 g/mol. The molecule has 6 heteroatoms. The zero-order valence-corrected chi connectivity index (χ0v) is 16.3. The predicted molar refractivity (Wildman–Crippen MR) is 112 cm³/mol. The van der Waals surface area contributed by atoms with Crippen molar-refractivity contribution in [2.75, 3.05) is 19.1 Å². The van der Waals surface area contributed by atoms with Crippen molar-refractivity contribution in [3.8, 4) is 11.5 Å². The standard InChI is InChI=1S/C22H18N2O3S/c1-26-16-11-9-15(10-12-16)24-21(18-7-3-4-8-20(18)27-2)23-19(22(24)25)14-17-6-5-13-28-17/h3-14H,1-2H3/b19-14+. The highest BCUT2D eigenvalue weighted by atomic mass is 32.1. The molecule has 1 aromatic heterocycles. The molecule has 0 atom stereocenters. The van der Waals surface area contributed by atoms with E-state index < -0.39 is 0 Å². The number of amides is 1. The van der Waals surface area contributed by atoms with Crippen molar-refractivity contribution < 1.29 is 14.3 Å². The van der Waals surface area contributed by atoms with Crippen LogP contribution in [-0.2, 0) is 4.79 Å². The van der Waals surface area contributed by atoms with Gasteiger partial charge < -0.3 is 9.47 Å². The van der Waals surface area contributed by atoms with Crippen LogP contribution in [0.5, 0.6) is 11.5 Å². The summed E-state index contributed by atoms with van der Waals surface area (Å²) < 4.78 is 10.7. The van der Waals surface area contributed by atoms with Crippen molar-refractivity contribution in [1.29, 1.82) is 0 Å². The third kappa shape index (κ3) is 3.30. The quantitative estimate of drug-likeness (QED) is 0.598. The van der Waals surface area contributed by atoms with Gasteiger partial charge in [0.15, 0.2) is 5.84 Å². The van der Waals surface area contributed by atoms with E-state index in [0.29, 0.717) is 23.0 Å². The Balaban J connectivity index is 1.84. The summed E-state index contributed by atoms with van der Waals surface area (Å²) in [6.07, 6.45) is 1.81. The number of methoxy groups -OCH3 is 2. The van der Waals surface area contributed by atoms with Crippen molar-refractivity contribution in [3.63, 3.8) is 0 Å². The van der Waals surface area contributed by atoms with Gasteiger partial charge in [-0.25, -0.2) is 4.99 Å². The third-order valence-corrected chi connectivity index (χ3v) is 5.18. The first-order valence-corrected chi connectivity index (χ1v) is 9.55. The van der Waals surface area contributed by atoms with Crippen LogP contribution in [0.15, 0.2) is 76.7 Å². The zero-order chi connectivity index (χ0) is 19.5. The molecule has 2 aromatic carbocycles. The summed E-state index contributed by atoms with van der Waals surface area (Å²) in [6.45, 7) is 0. The van der Waals surface area contributed by atoms with Crippen molar-refractivity contribution in [1.82, 2.24) is 0 Å². The second-order valence-corrected chi connectivity index (χ2v) is 7.00. The van der Waals surface area contributed by atoms with Crippen LogP contribution in [0.4, 0.5) is 5.69 Å². The van der Waals surface area contributed by atoms with Gasteiger partial charge in [0.05, 0.1) is 25.5 Å². The number of carbonyl (C=O) groups is 1. The fraction of sp³-hybridized carbons (Fsp3) is 0.0909. The number of rotatable bonds is 5. The molecule has 0 spiro atoms. The Morgan fingerprint density at radius 3 is 2.43 bits per heavy atom. The monoisotopic (exact) mass is 390 g/mol. The molecular formula is C22H18N2O3S. The van der Waals surface area contributed by atoms with Gasteiger partial charge in [0, 0.05) is 4.88 Å². The molecule has 4 rings (SSSR count). The molecule has 0 saturated carbocycles. The van der Waals surface area contributed by atoms with Crippen LogP contribution in [0.3, 0.4) is 0 Å². The number of anilines is 1. The maximum atomic E-state index is 13.2. The molecule has 1 aliphatic heterocycles. The van der Waals surface area contributed by atoms with Gasteiger partial charge in [-0.05, 0) is 53.9 Å². The Kier molecular flexibility index (Phi) is 4.95. The molecule has 0 fully saturated rings. The number of aliphatic imine (C=N–C) groups is 1. The molecule has 2 heterocycles. The van der Waals surface area contributed by atoms with Gasteiger partial charge in [0.25, 0.3) is 5.91 Å². The number of carbonyl (C=O) groups excluding carboxylic acids is 1. The lowest BCUT2D eigenvalue weighted by atomic mass is 10.1. The number of ether oxygens (including phenoxy) is 2. The molecule has 0 bridgehead atoms. The van der Waals surface area contributed by atoms with Gasteiger partial charge in [-0.3, -0.25) is 9.69 Å². The minimum absolute atomic E-state index is 0.181. The average molecular weight is 390 g/mol. The first-order valence-electron chi connectivity index (χ1n) is 8.67. The summed E-state index contributed by atoms with van der Waals surface area (Å²) in [6, 6.07) is 18.8. The SMILES string of the molecule is COc1ccc(N2C(=O)/C(=C\c3cccs3)N=C2c2ccccc2OC)cc1. The molecule has 28 heavy (non-hydrogen) atoms. The van der Waals surface area contributed by atoms with E-state index in [4.69, 9.17) is 9.47 Å². The van der Waals surface area contributed by atoms with Gasteiger partial charge in [0.1, 0.15) is 17.2 Å². The first-order chi connectivity index (χ1) is 13.7. The highest BCUT2D eigenvalue weighted by Crippen LogP contribution is 2.32. The molecule has 1 amide bonds. The van der Waals surface area contributed by atoms with Crippen LogP contribution < -0.4 is 14.4 Å². The van der Waals surface area contributed by atoms with E-state index in [-0.39, 0.29) is 5.91 Å². The Bertz CT molecular complexity index is 1050. The molecule has 3 aromatic rings. The van der Waals surface area contributed by atoms with Crippen molar-refractivity contribution >= 4 is 34.8 Å². The largest absolute Gasteiger partial charge is 0.497 e. The molecule has 0 unspecified atom stereocenters. The second-order valence-electron chi connectivity index (χ2n) is 6.02. The van der Waals surface area contributed by atoms with Gasteiger partial charge in [-0.1, -0.05) is 18.2 Å². The van der Waals surface area contributed by atoms with Crippen LogP contribution in [-0.4, -0.2) is 26.0 Å². The summed E-state index contributed by atoms with van der Waals surface area (Å²) in [5.74, 6) is 1.74. The number of benzene rings is 2. The average Bonchev–Trinajstić information content (AvgIpc) is 3.36. The lowest BCUT2D eigenvalue weighted by Crippen LogP contribution is -2.32. The van der Waals surface area contributed by atoms with Crippen LogP contribution in [0.1, 0.15) is 10.4 Å². The number of hydrogen-bond donors (Lipinski definition) is 0. The Morgan fingerprint density at radius 1 is 0.964 bits per heavy atom. The summed E-state index contributed by atoms with van der Waals surface area (Å²) in [5, 5.41) is 1.97. The Morgan fingerprint density at radius 2 is 1.75 bits per heavy atom. The fourth-order valence-corrected chi connectivity index (χ4v) is 3.66. The Hall–Kier alpha value is -3.38. The smallest absolute Gasteiger partial charge is 0.282 e. The summed E-state index contributed by atoms with van der Waals surface area (Å²) in [5.41, 5.74) is 1.85. The van der Waals surface area contributed by atoms with Gasteiger partial charge >= 0.3 is 0 Å². The topological polar surface area (TPSA) is 51.1 Å².